The molecule has 0 spiro atoms. The largest absolute Gasteiger partial charge is 0.365 e. The fourth-order valence-electron chi connectivity index (χ4n) is 5.39. The van der Waals surface area contributed by atoms with Gasteiger partial charge in [0.25, 0.3) is 0 Å². The Morgan fingerprint density at radius 1 is 0.824 bits per heavy atom. The van der Waals surface area contributed by atoms with E-state index in [1.807, 2.05) is 0 Å². The number of hydrogen-bond acceptors (Lipinski definition) is 2. The molecular formula is C30H31F2NO. The summed E-state index contributed by atoms with van der Waals surface area (Å²) in [6.45, 7) is 3.63. The molecule has 2 bridgehead atoms. The van der Waals surface area contributed by atoms with Crippen molar-refractivity contribution in [2.24, 2.45) is 0 Å². The van der Waals surface area contributed by atoms with E-state index in [2.05, 4.69) is 42.2 Å². The van der Waals surface area contributed by atoms with E-state index in [4.69, 9.17) is 4.74 Å². The van der Waals surface area contributed by atoms with Gasteiger partial charge in [0.15, 0.2) is 0 Å². The number of halogens is 2. The predicted octanol–water partition coefficient (Wildman–Crippen LogP) is 7.13. The van der Waals surface area contributed by atoms with Crippen LogP contribution in [0.5, 0.6) is 0 Å². The highest BCUT2D eigenvalue weighted by Crippen LogP contribution is 2.39. The first-order valence-corrected chi connectivity index (χ1v) is 12.2. The van der Waals surface area contributed by atoms with Crippen LogP contribution in [0.3, 0.4) is 0 Å². The summed E-state index contributed by atoms with van der Waals surface area (Å²) in [4.78, 5) is 2.68. The molecule has 0 aromatic heterocycles. The van der Waals surface area contributed by atoms with Gasteiger partial charge in [-0.15, -0.1) is 0 Å². The highest BCUT2D eigenvalue weighted by molar-refractivity contribution is 5.31. The van der Waals surface area contributed by atoms with Crippen LogP contribution in [0.25, 0.3) is 0 Å². The summed E-state index contributed by atoms with van der Waals surface area (Å²) < 4.78 is 33.2. The average Bonchev–Trinajstić information content (AvgIpc) is 3.07. The second kappa shape index (κ2) is 10.2. The van der Waals surface area contributed by atoms with Crippen LogP contribution >= 0.6 is 0 Å². The Bertz CT molecular complexity index is 1060. The quantitative estimate of drug-likeness (QED) is 0.348. The molecule has 0 aliphatic carbocycles. The van der Waals surface area contributed by atoms with Gasteiger partial charge in [-0.3, -0.25) is 4.90 Å². The maximum absolute atomic E-state index is 13.5. The second-order valence-corrected chi connectivity index (χ2v) is 9.63. The number of piperidine rings is 1. The van der Waals surface area contributed by atoms with Crippen LogP contribution in [-0.4, -0.2) is 23.6 Å². The van der Waals surface area contributed by atoms with E-state index in [0.717, 1.165) is 30.5 Å². The fourth-order valence-corrected chi connectivity index (χ4v) is 5.39. The molecule has 3 aromatic carbocycles. The van der Waals surface area contributed by atoms with Crippen molar-refractivity contribution in [3.63, 3.8) is 0 Å². The summed E-state index contributed by atoms with van der Waals surface area (Å²) in [7, 11) is 0. The Morgan fingerprint density at radius 3 is 1.88 bits per heavy atom. The van der Waals surface area contributed by atoms with Crippen LogP contribution in [0.2, 0.25) is 0 Å². The Hall–Kier alpha value is -2.82. The minimum atomic E-state index is -0.364. The third-order valence-electron chi connectivity index (χ3n) is 7.23. The van der Waals surface area contributed by atoms with Crippen molar-refractivity contribution in [2.45, 2.75) is 57.3 Å². The molecule has 2 aliphatic heterocycles. The number of ether oxygens (including phenoxy) is 1. The maximum atomic E-state index is 13.5. The van der Waals surface area contributed by atoms with Crippen LogP contribution in [0.1, 0.15) is 54.0 Å². The standard InChI is InChI=1S/C30H31F2NO/c1-21-2-4-22(5-3-21)20-33-28-14-15-29(33)19-23(18-28)16-17-34-30(24-6-10-26(31)11-7-24)25-8-12-27(32)13-9-25/h2-13,16,28-30H,14-15,17-20H2,1H3/t28-,29+. The molecule has 2 nitrogen and oxygen atoms in total. The summed E-state index contributed by atoms with van der Waals surface area (Å²) in [5.41, 5.74) is 5.87. The first-order chi connectivity index (χ1) is 16.5. The first kappa shape index (κ1) is 22.9. The molecule has 3 aromatic rings. The average molecular weight is 460 g/mol. The van der Waals surface area contributed by atoms with Crippen molar-refractivity contribution in [1.82, 2.24) is 4.90 Å². The highest BCUT2D eigenvalue weighted by atomic mass is 19.1. The van der Waals surface area contributed by atoms with Gasteiger partial charge in [0.1, 0.15) is 17.7 Å². The highest BCUT2D eigenvalue weighted by Gasteiger charge is 2.38. The molecule has 34 heavy (non-hydrogen) atoms. The SMILES string of the molecule is Cc1ccc(CN2[C@@H]3CC[C@H]2CC(=CCOC(c2ccc(F)cc2)c2ccc(F)cc2)C3)cc1. The summed E-state index contributed by atoms with van der Waals surface area (Å²) in [5.74, 6) is -0.562. The topological polar surface area (TPSA) is 12.5 Å². The molecule has 2 aliphatic rings. The van der Waals surface area contributed by atoms with Gasteiger partial charge in [0.2, 0.25) is 0 Å². The predicted molar refractivity (Wildman–Crippen MR) is 131 cm³/mol. The maximum Gasteiger partial charge on any atom is 0.123 e. The molecular weight excluding hydrogens is 428 g/mol. The van der Waals surface area contributed by atoms with Crippen LogP contribution in [0.4, 0.5) is 8.78 Å². The van der Waals surface area contributed by atoms with Gasteiger partial charge < -0.3 is 4.74 Å². The fraction of sp³-hybridized carbons (Fsp3) is 0.333. The number of benzene rings is 3. The normalized spacial score (nSPS) is 21.5. The minimum absolute atomic E-state index is 0.281. The molecule has 0 amide bonds. The lowest BCUT2D eigenvalue weighted by Gasteiger charge is -2.36. The molecule has 5 rings (SSSR count). The zero-order chi connectivity index (χ0) is 23.5. The smallest absolute Gasteiger partial charge is 0.123 e. The lowest BCUT2D eigenvalue weighted by molar-refractivity contribution is 0.102. The third kappa shape index (κ3) is 5.29. The Morgan fingerprint density at radius 2 is 1.35 bits per heavy atom. The Kier molecular flexibility index (Phi) is 6.89. The summed E-state index contributed by atoms with van der Waals surface area (Å²) in [5, 5.41) is 0. The first-order valence-electron chi connectivity index (χ1n) is 12.2. The minimum Gasteiger partial charge on any atom is -0.365 e. The monoisotopic (exact) mass is 459 g/mol. The molecule has 2 heterocycles. The zero-order valence-electron chi connectivity index (χ0n) is 19.6. The molecule has 0 N–H and O–H groups in total. The molecule has 0 radical (unpaired) electrons. The number of nitrogens with zero attached hydrogens (tertiary/aromatic N) is 1. The van der Waals surface area contributed by atoms with Gasteiger partial charge in [-0.1, -0.05) is 65.7 Å². The van der Waals surface area contributed by atoms with Gasteiger partial charge in [-0.05, 0) is 73.6 Å². The zero-order valence-corrected chi connectivity index (χ0v) is 19.6. The Labute approximate surface area is 200 Å². The van der Waals surface area contributed by atoms with Gasteiger partial charge >= 0.3 is 0 Å². The summed E-state index contributed by atoms with van der Waals surface area (Å²) in [6, 6.07) is 22.8. The lowest BCUT2D eigenvalue weighted by atomic mass is 9.95. The molecule has 176 valence electrons. The van der Waals surface area contributed by atoms with E-state index in [9.17, 15) is 8.78 Å². The van der Waals surface area contributed by atoms with Gasteiger partial charge in [-0.25, -0.2) is 8.78 Å². The van der Waals surface area contributed by atoms with Crippen molar-refractivity contribution in [2.75, 3.05) is 6.61 Å². The van der Waals surface area contributed by atoms with E-state index < -0.39 is 0 Å². The molecule has 0 saturated carbocycles. The molecule has 2 saturated heterocycles. The number of hydrogen-bond donors (Lipinski definition) is 0. The van der Waals surface area contributed by atoms with Crippen molar-refractivity contribution in [1.29, 1.82) is 0 Å². The van der Waals surface area contributed by atoms with Crippen molar-refractivity contribution in [3.8, 4) is 0 Å². The second-order valence-electron chi connectivity index (χ2n) is 9.63. The van der Waals surface area contributed by atoms with Gasteiger partial charge in [-0.2, -0.15) is 0 Å². The number of aryl methyl sites for hydroxylation is 1. The van der Waals surface area contributed by atoms with Crippen LogP contribution < -0.4 is 0 Å². The molecule has 2 fully saturated rings. The van der Waals surface area contributed by atoms with Crippen molar-refractivity contribution < 1.29 is 13.5 Å². The van der Waals surface area contributed by atoms with E-state index in [1.54, 1.807) is 24.3 Å². The van der Waals surface area contributed by atoms with Crippen LogP contribution in [0.15, 0.2) is 84.4 Å². The van der Waals surface area contributed by atoms with Crippen LogP contribution in [0, 0.1) is 18.6 Å². The number of rotatable bonds is 7. The summed E-state index contributed by atoms with van der Waals surface area (Å²) >= 11 is 0. The lowest BCUT2D eigenvalue weighted by Crippen LogP contribution is -2.39. The van der Waals surface area contributed by atoms with E-state index in [1.165, 1.54) is 53.8 Å². The molecule has 4 heteroatoms. The van der Waals surface area contributed by atoms with Crippen LogP contribution in [-0.2, 0) is 11.3 Å². The van der Waals surface area contributed by atoms with Gasteiger partial charge in [0, 0.05) is 18.6 Å². The Balaban J connectivity index is 1.25. The van der Waals surface area contributed by atoms with Crippen molar-refractivity contribution in [3.05, 3.63) is 118 Å². The van der Waals surface area contributed by atoms with E-state index in [0.29, 0.717) is 18.7 Å². The van der Waals surface area contributed by atoms with E-state index >= 15 is 0 Å². The third-order valence-corrected chi connectivity index (χ3v) is 7.23. The van der Waals surface area contributed by atoms with E-state index in [-0.39, 0.29) is 17.7 Å². The number of fused-ring (bicyclic) bond motifs is 2. The summed E-state index contributed by atoms with van der Waals surface area (Å²) in [6.07, 6.45) is 6.54. The molecule has 0 unspecified atom stereocenters. The van der Waals surface area contributed by atoms with Gasteiger partial charge in [0.05, 0.1) is 6.61 Å². The molecule has 2 atom stereocenters. The van der Waals surface area contributed by atoms with Crippen molar-refractivity contribution >= 4 is 0 Å².